The van der Waals surface area contributed by atoms with Crippen molar-refractivity contribution in [2.75, 3.05) is 0 Å². The molecular formula is C21H21N3O4. The fourth-order valence-electron chi connectivity index (χ4n) is 3.85. The molecule has 0 radical (unpaired) electrons. The van der Waals surface area contributed by atoms with Crippen molar-refractivity contribution in [2.45, 2.75) is 38.1 Å². The number of hydrogen-bond donors (Lipinski definition) is 1. The van der Waals surface area contributed by atoms with Crippen LogP contribution in [0.1, 0.15) is 38.1 Å². The summed E-state index contributed by atoms with van der Waals surface area (Å²) in [6.45, 7) is 0. The van der Waals surface area contributed by atoms with Crippen molar-refractivity contribution in [3.05, 3.63) is 59.1 Å². The van der Waals surface area contributed by atoms with Gasteiger partial charge in [-0.15, -0.1) is 0 Å². The van der Waals surface area contributed by atoms with Crippen LogP contribution in [0.2, 0.25) is 0 Å². The third-order valence-corrected chi connectivity index (χ3v) is 5.25. The Hall–Kier alpha value is -3.22. The van der Waals surface area contributed by atoms with Gasteiger partial charge in [0.15, 0.2) is 11.8 Å². The minimum absolute atomic E-state index is 0.266. The molecule has 1 unspecified atom stereocenters. The molecule has 1 aromatic carbocycles. The van der Waals surface area contributed by atoms with Gasteiger partial charge >= 0.3 is 5.97 Å². The molecule has 7 nitrogen and oxygen atoms in total. The van der Waals surface area contributed by atoms with Gasteiger partial charge in [-0.05, 0) is 36.6 Å². The molecule has 1 aliphatic rings. The molecule has 1 atom stereocenters. The number of hydrogen-bond acceptors (Lipinski definition) is 5. The van der Waals surface area contributed by atoms with Gasteiger partial charge in [-0.3, -0.25) is 9.78 Å². The number of ether oxygens (including phenoxy) is 1. The molecule has 2 aromatic heterocycles. The Labute approximate surface area is 161 Å². The number of aliphatic carboxylic acids is 1. The van der Waals surface area contributed by atoms with Gasteiger partial charge in [-0.2, -0.15) is 5.10 Å². The van der Waals surface area contributed by atoms with E-state index in [-0.39, 0.29) is 5.75 Å². The predicted octanol–water partition coefficient (Wildman–Crippen LogP) is 3.79. The van der Waals surface area contributed by atoms with Gasteiger partial charge in [0.25, 0.3) is 5.56 Å². The molecule has 0 amide bonds. The maximum Gasteiger partial charge on any atom is 0.328 e. The highest BCUT2D eigenvalue weighted by atomic mass is 16.5. The number of rotatable bonds is 6. The lowest BCUT2D eigenvalue weighted by Crippen LogP contribution is -2.32. The average molecular weight is 379 g/mol. The lowest BCUT2D eigenvalue weighted by molar-refractivity contribution is -0.142. The number of pyridine rings is 1. The van der Waals surface area contributed by atoms with Crippen molar-refractivity contribution in [3.63, 3.8) is 0 Å². The summed E-state index contributed by atoms with van der Waals surface area (Å²) in [4.78, 5) is 28.6. The second kappa shape index (κ2) is 7.80. The van der Waals surface area contributed by atoms with Crippen molar-refractivity contribution in [1.82, 2.24) is 14.8 Å². The highest BCUT2D eigenvalue weighted by Gasteiger charge is 2.28. The number of nitrogens with zero attached hydrogens (tertiary/aromatic N) is 3. The maximum atomic E-state index is 12.6. The summed E-state index contributed by atoms with van der Waals surface area (Å²) in [5, 5.41) is 14.5. The van der Waals surface area contributed by atoms with E-state index in [0.717, 1.165) is 41.3 Å². The second-order valence-corrected chi connectivity index (χ2v) is 7.14. The van der Waals surface area contributed by atoms with Gasteiger partial charge in [-0.1, -0.05) is 31.7 Å². The first kappa shape index (κ1) is 18.2. The number of benzene rings is 1. The van der Waals surface area contributed by atoms with Crippen molar-refractivity contribution in [3.8, 4) is 11.5 Å². The maximum absolute atomic E-state index is 12.6. The molecule has 1 aliphatic carbocycles. The molecular weight excluding hydrogens is 358 g/mol. The highest BCUT2D eigenvalue weighted by Crippen LogP contribution is 2.32. The Morgan fingerprint density at radius 2 is 2.07 bits per heavy atom. The third-order valence-electron chi connectivity index (χ3n) is 5.25. The van der Waals surface area contributed by atoms with E-state index in [2.05, 4.69) is 10.1 Å². The number of carbonyl (C=O) groups is 1. The van der Waals surface area contributed by atoms with Crippen LogP contribution >= 0.6 is 0 Å². The zero-order valence-corrected chi connectivity index (χ0v) is 15.3. The summed E-state index contributed by atoms with van der Waals surface area (Å²) in [5.74, 6) is 0.122. The molecule has 2 heterocycles. The van der Waals surface area contributed by atoms with Crippen molar-refractivity contribution in [2.24, 2.45) is 5.92 Å². The fourth-order valence-corrected chi connectivity index (χ4v) is 3.85. The average Bonchev–Trinajstić information content (AvgIpc) is 3.20. The van der Waals surface area contributed by atoms with Crippen LogP contribution in [0.4, 0.5) is 0 Å². The molecule has 3 aromatic rings. The van der Waals surface area contributed by atoms with E-state index in [9.17, 15) is 14.7 Å². The number of aromatic nitrogens is 3. The van der Waals surface area contributed by atoms with Gasteiger partial charge in [0.05, 0.1) is 11.7 Å². The van der Waals surface area contributed by atoms with E-state index in [0.29, 0.717) is 18.1 Å². The summed E-state index contributed by atoms with van der Waals surface area (Å²) in [6, 6.07) is 9.51. The van der Waals surface area contributed by atoms with Crippen LogP contribution in [0.3, 0.4) is 0 Å². The van der Waals surface area contributed by atoms with Crippen LogP contribution in [-0.2, 0) is 4.79 Å². The van der Waals surface area contributed by atoms with Gasteiger partial charge in [0.2, 0.25) is 0 Å². The third kappa shape index (κ3) is 3.74. The van der Waals surface area contributed by atoms with E-state index >= 15 is 0 Å². The molecule has 1 saturated carbocycles. The van der Waals surface area contributed by atoms with E-state index in [4.69, 9.17) is 4.74 Å². The highest BCUT2D eigenvalue weighted by molar-refractivity contribution is 5.85. The summed E-state index contributed by atoms with van der Waals surface area (Å²) in [7, 11) is 0. The Morgan fingerprint density at radius 3 is 2.82 bits per heavy atom. The molecule has 28 heavy (non-hydrogen) atoms. The van der Waals surface area contributed by atoms with Gasteiger partial charge < -0.3 is 9.84 Å². The van der Waals surface area contributed by atoms with Crippen LogP contribution in [0, 0.1) is 5.92 Å². The van der Waals surface area contributed by atoms with Crippen LogP contribution in [0.15, 0.2) is 53.6 Å². The summed E-state index contributed by atoms with van der Waals surface area (Å²) in [5.41, 5.74) is 0.296. The first-order chi connectivity index (χ1) is 13.6. The van der Waals surface area contributed by atoms with Crippen LogP contribution < -0.4 is 10.3 Å². The van der Waals surface area contributed by atoms with E-state index in [1.807, 2.05) is 24.3 Å². The van der Waals surface area contributed by atoms with Crippen LogP contribution in [0.25, 0.3) is 10.9 Å². The van der Waals surface area contributed by atoms with Crippen molar-refractivity contribution < 1.29 is 14.6 Å². The van der Waals surface area contributed by atoms with Gasteiger partial charge in [-0.25, -0.2) is 9.48 Å². The van der Waals surface area contributed by atoms with E-state index in [1.165, 1.54) is 12.3 Å². The second-order valence-electron chi connectivity index (χ2n) is 7.14. The fraction of sp³-hybridized carbons (Fsp3) is 0.333. The zero-order chi connectivity index (χ0) is 19.5. The Kier molecular flexibility index (Phi) is 5.06. The minimum Gasteiger partial charge on any atom is -0.480 e. The lowest BCUT2D eigenvalue weighted by Gasteiger charge is -2.18. The summed E-state index contributed by atoms with van der Waals surface area (Å²) in [6.07, 6.45) is 7.77. The molecule has 1 fully saturated rings. The number of carboxylic acid groups (broad SMARTS) is 1. The standard InChI is InChI=1S/C21H21N3O4/c25-20-12-15(28-19-9-3-8-17-16(19)7-4-10-22-17)13-23-24(20)18(21(26)27)11-14-5-1-2-6-14/h3-4,7-10,12-14,18H,1-2,5-6,11H2,(H,26,27). The molecule has 0 saturated heterocycles. The molecule has 0 aliphatic heterocycles. The Balaban J connectivity index is 1.60. The largest absolute Gasteiger partial charge is 0.480 e. The van der Waals surface area contributed by atoms with Crippen LogP contribution in [0.5, 0.6) is 11.5 Å². The van der Waals surface area contributed by atoms with Crippen molar-refractivity contribution >= 4 is 16.9 Å². The molecule has 1 N–H and O–H groups in total. The van der Waals surface area contributed by atoms with E-state index in [1.54, 1.807) is 12.3 Å². The Bertz CT molecular complexity index is 1050. The Morgan fingerprint density at radius 1 is 1.25 bits per heavy atom. The number of carboxylic acids is 1. The molecule has 0 spiro atoms. The first-order valence-electron chi connectivity index (χ1n) is 9.45. The van der Waals surface area contributed by atoms with E-state index < -0.39 is 17.6 Å². The summed E-state index contributed by atoms with van der Waals surface area (Å²) >= 11 is 0. The van der Waals surface area contributed by atoms with Crippen LogP contribution in [-0.4, -0.2) is 25.8 Å². The first-order valence-corrected chi connectivity index (χ1v) is 9.45. The molecule has 7 heteroatoms. The lowest BCUT2D eigenvalue weighted by atomic mass is 9.98. The topological polar surface area (TPSA) is 94.3 Å². The zero-order valence-electron chi connectivity index (χ0n) is 15.3. The van der Waals surface area contributed by atoms with Gasteiger partial charge in [0, 0.05) is 17.6 Å². The smallest absolute Gasteiger partial charge is 0.328 e. The predicted molar refractivity (Wildman–Crippen MR) is 104 cm³/mol. The minimum atomic E-state index is -1.03. The number of fused-ring (bicyclic) bond motifs is 1. The normalized spacial score (nSPS) is 15.6. The molecule has 0 bridgehead atoms. The van der Waals surface area contributed by atoms with Gasteiger partial charge in [0.1, 0.15) is 5.75 Å². The molecule has 144 valence electrons. The summed E-state index contributed by atoms with van der Waals surface area (Å²) < 4.78 is 6.89. The quantitative estimate of drug-likeness (QED) is 0.700. The molecule has 4 rings (SSSR count). The monoisotopic (exact) mass is 379 g/mol. The SMILES string of the molecule is O=C(O)C(CC1CCCC1)n1ncc(Oc2cccc3ncccc23)cc1=O. The van der Waals surface area contributed by atoms with Crippen molar-refractivity contribution in [1.29, 1.82) is 0 Å².